The minimum Gasteiger partial charge on any atom is -0.278 e. The van der Waals surface area contributed by atoms with Crippen LogP contribution in [-0.2, 0) is 0 Å². The van der Waals surface area contributed by atoms with Gasteiger partial charge in [-0.25, -0.2) is 9.97 Å². The molecule has 0 amide bonds. The van der Waals surface area contributed by atoms with Crippen molar-refractivity contribution in [3.63, 3.8) is 0 Å². The van der Waals surface area contributed by atoms with E-state index in [9.17, 15) is 0 Å². The molecule has 0 fully saturated rings. The monoisotopic (exact) mass is 677 g/mol. The van der Waals surface area contributed by atoms with Crippen LogP contribution < -0.4 is 0 Å². The molecule has 3 heterocycles. The summed E-state index contributed by atoms with van der Waals surface area (Å²) in [5.41, 5.74) is 5.23. The summed E-state index contributed by atoms with van der Waals surface area (Å²) in [5.74, 6) is 0.681. The van der Waals surface area contributed by atoms with Gasteiger partial charge in [-0.15, -0.1) is 11.3 Å². The molecule has 4 heteroatoms. The van der Waals surface area contributed by atoms with Crippen molar-refractivity contribution < 1.29 is 0 Å². The maximum Gasteiger partial charge on any atom is 0.235 e. The molecule has 3 nitrogen and oxygen atoms in total. The zero-order valence-corrected chi connectivity index (χ0v) is 28.7. The van der Waals surface area contributed by atoms with Crippen LogP contribution in [0.5, 0.6) is 0 Å². The summed E-state index contributed by atoms with van der Waals surface area (Å²) in [6, 6.07) is 59.5. The summed E-state index contributed by atoms with van der Waals surface area (Å²) >= 11 is 1.78. The average molecular weight is 678 g/mol. The summed E-state index contributed by atoms with van der Waals surface area (Å²) in [6.07, 6.45) is 0. The number of hydrogen-bond donors (Lipinski definition) is 0. The molecule has 0 saturated heterocycles. The van der Waals surface area contributed by atoms with Gasteiger partial charge in [-0.05, 0) is 84.2 Å². The lowest BCUT2D eigenvalue weighted by Crippen LogP contribution is -2.02. The van der Waals surface area contributed by atoms with Crippen molar-refractivity contribution in [3.8, 4) is 17.2 Å². The highest BCUT2D eigenvalue weighted by Gasteiger charge is 2.22. The summed E-state index contributed by atoms with van der Waals surface area (Å²) in [5, 5.41) is 16.0. The molecule has 0 saturated carbocycles. The summed E-state index contributed by atoms with van der Waals surface area (Å²) in [6.45, 7) is 0. The third-order valence-corrected chi connectivity index (χ3v) is 12.1. The molecule has 12 rings (SSSR count). The van der Waals surface area contributed by atoms with E-state index in [-0.39, 0.29) is 0 Å². The second kappa shape index (κ2) is 10.5. The van der Waals surface area contributed by atoms with Crippen LogP contribution in [0.4, 0.5) is 0 Å². The van der Waals surface area contributed by atoms with Gasteiger partial charge in [-0.1, -0.05) is 133 Å². The Bertz CT molecular complexity index is 3440. The lowest BCUT2D eigenvalue weighted by atomic mass is 9.93. The molecule has 0 aliphatic rings. The Morgan fingerprint density at radius 2 is 1.00 bits per heavy atom. The van der Waals surface area contributed by atoms with Crippen molar-refractivity contribution >= 4 is 107 Å². The number of benzene rings is 9. The minimum atomic E-state index is 0.681. The maximum absolute atomic E-state index is 5.58. The minimum absolute atomic E-state index is 0.681. The largest absolute Gasteiger partial charge is 0.278 e. The number of thiophene rings is 1. The van der Waals surface area contributed by atoms with Crippen LogP contribution >= 0.6 is 11.3 Å². The van der Waals surface area contributed by atoms with E-state index >= 15 is 0 Å². The standard InChI is InChI=1S/C48H27N3S/c1-2-13-30-27-42-40(25-29(30)12-1)44-32-14-4-3-11-28(32)22-24-41(44)51(42)48-49-45(47-46(50-48)38-19-9-10-20-43(38)52-47)31-21-23-37-35-17-6-5-15-33(35)34-16-7-8-18-36(34)39(37)26-31/h1-27H. The van der Waals surface area contributed by atoms with Crippen LogP contribution in [0.1, 0.15) is 0 Å². The lowest BCUT2D eigenvalue weighted by Gasteiger charge is -2.13. The quantitative estimate of drug-likeness (QED) is 0.171. The zero-order valence-electron chi connectivity index (χ0n) is 27.8. The first-order chi connectivity index (χ1) is 25.8. The van der Waals surface area contributed by atoms with Crippen LogP contribution in [0.2, 0.25) is 0 Å². The fourth-order valence-corrected chi connectivity index (χ4v) is 9.77. The third-order valence-electron chi connectivity index (χ3n) is 10.9. The molecule has 52 heavy (non-hydrogen) atoms. The molecule has 0 unspecified atom stereocenters. The fourth-order valence-electron chi connectivity index (χ4n) is 8.62. The molecule has 0 N–H and O–H groups in total. The number of nitrogens with zero attached hydrogens (tertiary/aromatic N) is 3. The first-order valence-corrected chi connectivity index (χ1v) is 18.5. The summed E-state index contributed by atoms with van der Waals surface area (Å²) in [7, 11) is 0. The predicted molar refractivity (Wildman–Crippen MR) is 222 cm³/mol. The van der Waals surface area contributed by atoms with Crippen LogP contribution in [0.15, 0.2) is 164 Å². The third kappa shape index (κ3) is 3.84. The van der Waals surface area contributed by atoms with Gasteiger partial charge >= 0.3 is 0 Å². The van der Waals surface area contributed by atoms with Gasteiger partial charge in [0.25, 0.3) is 0 Å². The number of hydrogen-bond acceptors (Lipinski definition) is 3. The fraction of sp³-hybridized carbons (Fsp3) is 0. The first-order valence-electron chi connectivity index (χ1n) is 17.7. The highest BCUT2D eigenvalue weighted by Crippen LogP contribution is 2.43. The summed E-state index contributed by atoms with van der Waals surface area (Å²) in [4.78, 5) is 11.0. The van der Waals surface area contributed by atoms with E-state index in [4.69, 9.17) is 9.97 Å². The van der Waals surface area contributed by atoms with Gasteiger partial charge in [0.15, 0.2) is 0 Å². The Morgan fingerprint density at radius 3 is 1.75 bits per heavy atom. The molecule has 240 valence electrons. The van der Waals surface area contributed by atoms with E-state index in [1.165, 1.54) is 69.3 Å². The number of fused-ring (bicyclic) bond motifs is 15. The second-order valence-electron chi connectivity index (χ2n) is 13.7. The SMILES string of the molecule is c1ccc2cc3c(cc2c1)c1c2ccccc2ccc1n3-c1nc(-c2ccc3c4ccccc4c4ccccc4c3c2)c2sc3ccccc3c2n1. The molecule has 12 aromatic rings. The van der Waals surface area contributed by atoms with Gasteiger partial charge in [0.05, 0.1) is 26.9 Å². The van der Waals surface area contributed by atoms with Crippen LogP contribution in [0.3, 0.4) is 0 Å². The Hall–Kier alpha value is -6.62. The zero-order chi connectivity index (χ0) is 33.9. The number of aromatic nitrogens is 3. The Kier molecular flexibility index (Phi) is 5.65. The van der Waals surface area contributed by atoms with Gasteiger partial charge in [-0.3, -0.25) is 4.57 Å². The van der Waals surface area contributed by atoms with Crippen molar-refractivity contribution in [2.75, 3.05) is 0 Å². The van der Waals surface area contributed by atoms with Crippen LogP contribution in [0.25, 0.3) is 113 Å². The maximum atomic E-state index is 5.58. The van der Waals surface area contributed by atoms with Crippen LogP contribution in [0, 0.1) is 0 Å². The van der Waals surface area contributed by atoms with E-state index in [0.29, 0.717) is 5.95 Å². The van der Waals surface area contributed by atoms with Gasteiger partial charge in [0.1, 0.15) is 0 Å². The van der Waals surface area contributed by atoms with Crippen LogP contribution in [-0.4, -0.2) is 14.5 Å². The second-order valence-corrected chi connectivity index (χ2v) is 14.8. The Morgan fingerprint density at radius 1 is 0.404 bits per heavy atom. The Labute approximate surface area is 301 Å². The first kappa shape index (κ1) is 28.1. The lowest BCUT2D eigenvalue weighted by molar-refractivity contribution is 1.02. The van der Waals surface area contributed by atoms with Gasteiger partial charge in [-0.2, -0.15) is 0 Å². The molecule has 0 radical (unpaired) electrons. The molecule has 0 aliphatic carbocycles. The molecule has 0 spiro atoms. The molecular weight excluding hydrogens is 651 g/mol. The molecule has 0 bridgehead atoms. The average Bonchev–Trinajstić information content (AvgIpc) is 3.75. The highest BCUT2D eigenvalue weighted by molar-refractivity contribution is 7.26. The van der Waals surface area contributed by atoms with Crippen molar-refractivity contribution in [2.45, 2.75) is 0 Å². The topological polar surface area (TPSA) is 30.7 Å². The highest BCUT2D eigenvalue weighted by atomic mass is 32.1. The van der Waals surface area contributed by atoms with Crippen molar-refractivity contribution in [1.82, 2.24) is 14.5 Å². The van der Waals surface area contributed by atoms with Crippen molar-refractivity contribution in [3.05, 3.63) is 164 Å². The van der Waals surface area contributed by atoms with Crippen molar-refractivity contribution in [1.29, 1.82) is 0 Å². The summed E-state index contributed by atoms with van der Waals surface area (Å²) < 4.78 is 4.61. The van der Waals surface area contributed by atoms with Gasteiger partial charge in [0.2, 0.25) is 5.95 Å². The van der Waals surface area contributed by atoms with E-state index in [1.54, 1.807) is 11.3 Å². The van der Waals surface area contributed by atoms with E-state index < -0.39 is 0 Å². The molecule has 0 atom stereocenters. The van der Waals surface area contributed by atoms with E-state index in [0.717, 1.165) is 37.9 Å². The predicted octanol–water partition coefficient (Wildman–Crippen LogP) is 13.4. The van der Waals surface area contributed by atoms with Gasteiger partial charge in [0, 0.05) is 26.4 Å². The van der Waals surface area contributed by atoms with Gasteiger partial charge < -0.3 is 0 Å². The molecule has 9 aromatic carbocycles. The van der Waals surface area contributed by atoms with E-state index in [2.05, 4.69) is 168 Å². The smallest absolute Gasteiger partial charge is 0.235 e. The molecular formula is C48H27N3S. The molecule has 3 aromatic heterocycles. The Balaban J connectivity index is 1.23. The normalized spacial score (nSPS) is 12.2. The molecule has 0 aliphatic heterocycles. The van der Waals surface area contributed by atoms with E-state index in [1.807, 2.05) is 0 Å². The number of rotatable bonds is 2. The van der Waals surface area contributed by atoms with Crippen molar-refractivity contribution in [2.24, 2.45) is 0 Å².